The Kier molecular flexibility index (Phi) is 2.97. The molecule has 5 heteroatoms. The lowest BCUT2D eigenvalue weighted by Gasteiger charge is -2.01. The Morgan fingerprint density at radius 1 is 1.21 bits per heavy atom. The minimum Gasteiger partial charge on any atom is -0.465 e. The number of hydrogen-bond acceptors (Lipinski definition) is 5. The number of rotatable bonds is 2. The molecular weight excluding hydrogens is 260 g/mol. The van der Waals surface area contributed by atoms with Gasteiger partial charge in [-0.3, -0.25) is 4.98 Å². The number of esters is 1. The molecule has 19 heavy (non-hydrogen) atoms. The van der Waals surface area contributed by atoms with Crippen LogP contribution in [-0.2, 0) is 4.74 Å². The third-order valence-corrected chi connectivity index (χ3v) is 3.77. The summed E-state index contributed by atoms with van der Waals surface area (Å²) in [5.41, 5.74) is 1.81. The van der Waals surface area contributed by atoms with Gasteiger partial charge in [0, 0.05) is 17.1 Å². The predicted octanol–water partition coefficient (Wildman–Crippen LogP) is 3.14. The van der Waals surface area contributed by atoms with E-state index in [2.05, 4.69) is 14.7 Å². The first kappa shape index (κ1) is 11.8. The molecule has 0 unspecified atom stereocenters. The van der Waals surface area contributed by atoms with Crippen molar-refractivity contribution < 1.29 is 9.53 Å². The molecular formula is C14H10N2O2S. The van der Waals surface area contributed by atoms with Crippen LogP contribution < -0.4 is 0 Å². The summed E-state index contributed by atoms with van der Waals surface area (Å²) in [4.78, 5) is 20.6. The first-order valence-corrected chi connectivity index (χ1v) is 6.49. The van der Waals surface area contributed by atoms with E-state index in [-0.39, 0.29) is 5.97 Å². The van der Waals surface area contributed by atoms with Crippen LogP contribution in [0.1, 0.15) is 9.67 Å². The molecule has 2 aromatic heterocycles. The van der Waals surface area contributed by atoms with E-state index < -0.39 is 0 Å². The van der Waals surface area contributed by atoms with Crippen LogP contribution in [0.4, 0.5) is 0 Å². The van der Waals surface area contributed by atoms with Gasteiger partial charge in [0.25, 0.3) is 0 Å². The highest BCUT2D eigenvalue weighted by Gasteiger charge is 2.13. The van der Waals surface area contributed by atoms with Crippen LogP contribution in [0.2, 0.25) is 0 Å². The zero-order valence-corrected chi connectivity index (χ0v) is 11.0. The highest BCUT2D eigenvalue weighted by molar-refractivity contribution is 7.16. The molecule has 3 rings (SSSR count). The number of ether oxygens (including phenoxy) is 1. The number of methoxy groups -OCH3 is 1. The van der Waals surface area contributed by atoms with Crippen molar-refractivity contribution in [3.8, 4) is 10.6 Å². The zero-order chi connectivity index (χ0) is 13.2. The van der Waals surface area contributed by atoms with Crippen molar-refractivity contribution in [2.45, 2.75) is 0 Å². The van der Waals surface area contributed by atoms with E-state index >= 15 is 0 Å². The second kappa shape index (κ2) is 4.78. The number of fused-ring (bicyclic) bond motifs is 1. The smallest absolute Gasteiger partial charge is 0.349 e. The number of nitrogens with zero attached hydrogens (tertiary/aromatic N) is 2. The van der Waals surface area contributed by atoms with Gasteiger partial charge in [-0.05, 0) is 12.1 Å². The van der Waals surface area contributed by atoms with Gasteiger partial charge in [0.1, 0.15) is 9.88 Å². The number of hydrogen-bond donors (Lipinski definition) is 0. The average Bonchev–Trinajstić information content (AvgIpc) is 2.95. The van der Waals surface area contributed by atoms with Crippen LogP contribution >= 0.6 is 11.3 Å². The maximum absolute atomic E-state index is 11.5. The molecule has 4 nitrogen and oxygen atoms in total. The molecule has 0 amide bonds. The van der Waals surface area contributed by atoms with Crippen molar-refractivity contribution in [2.24, 2.45) is 0 Å². The van der Waals surface area contributed by atoms with E-state index in [1.165, 1.54) is 24.6 Å². The molecule has 0 bridgehead atoms. The molecule has 0 aliphatic heterocycles. The lowest BCUT2D eigenvalue weighted by molar-refractivity contribution is 0.0606. The lowest BCUT2D eigenvalue weighted by Crippen LogP contribution is -1.96. The van der Waals surface area contributed by atoms with Crippen molar-refractivity contribution in [3.05, 3.63) is 47.6 Å². The van der Waals surface area contributed by atoms with Gasteiger partial charge in [-0.15, -0.1) is 11.3 Å². The fourth-order valence-corrected chi connectivity index (χ4v) is 2.73. The van der Waals surface area contributed by atoms with Crippen LogP contribution in [0, 0.1) is 0 Å². The molecule has 0 atom stereocenters. The molecule has 0 aliphatic carbocycles. The first-order valence-electron chi connectivity index (χ1n) is 5.68. The molecule has 1 aromatic carbocycles. The first-order chi connectivity index (χ1) is 9.29. The van der Waals surface area contributed by atoms with Crippen molar-refractivity contribution >= 4 is 28.2 Å². The third-order valence-electron chi connectivity index (χ3n) is 2.76. The summed E-state index contributed by atoms with van der Waals surface area (Å²) in [6, 6.07) is 9.81. The lowest BCUT2D eigenvalue weighted by atomic mass is 10.1. The molecule has 0 saturated carbocycles. The number of carbonyl (C=O) groups is 1. The molecule has 0 N–H and O–H groups in total. The quantitative estimate of drug-likeness (QED) is 0.671. The molecule has 0 fully saturated rings. The standard InChI is InChI=1S/C14H10N2O2S/c1-18-14(17)11-8-16-13(19-11)10-6-2-4-9-5-3-7-15-12(9)10/h2-8H,1H3. The van der Waals surface area contributed by atoms with Gasteiger partial charge in [-0.25, -0.2) is 9.78 Å². The second-order valence-electron chi connectivity index (χ2n) is 3.90. The zero-order valence-electron chi connectivity index (χ0n) is 10.2. The molecule has 3 aromatic rings. The highest BCUT2D eigenvalue weighted by atomic mass is 32.1. The van der Waals surface area contributed by atoms with Crippen molar-refractivity contribution in [1.82, 2.24) is 9.97 Å². The Morgan fingerprint density at radius 2 is 2.05 bits per heavy atom. The van der Waals surface area contributed by atoms with Gasteiger partial charge in [0.15, 0.2) is 0 Å². The van der Waals surface area contributed by atoms with Gasteiger partial charge in [-0.1, -0.05) is 18.2 Å². The van der Waals surface area contributed by atoms with Gasteiger partial charge < -0.3 is 4.74 Å². The van der Waals surface area contributed by atoms with Crippen molar-refractivity contribution in [3.63, 3.8) is 0 Å². The van der Waals surface area contributed by atoms with E-state index in [0.29, 0.717) is 4.88 Å². The number of pyridine rings is 1. The normalized spacial score (nSPS) is 10.6. The summed E-state index contributed by atoms with van der Waals surface area (Å²) in [7, 11) is 1.36. The Morgan fingerprint density at radius 3 is 2.89 bits per heavy atom. The Balaban J connectivity index is 2.14. The summed E-state index contributed by atoms with van der Waals surface area (Å²) in [6.07, 6.45) is 3.29. The van der Waals surface area contributed by atoms with Crippen LogP contribution in [0.15, 0.2) is 42.7 Å². The Bertz CT molecular complexity index is 747. The van der Waals surface area contributed by atoms with E-state index in [1.807, 2.05) is 30.3 Å². The molecule has 94 valence electrons. The molecule has 2 heterocycles. The van der Waals surface area contributed by atoms with Crippen LogP contribution in [0.3, 0.4) is 0 Å². The predicted molar refractivity (Wildman–Crippen MR) is 74.2 cm³/mol. The minimum absolute atomic E-state index is 0.364. The summed E-state index contributed by atoms with van der Waals surface area (Å²) in [5, 5.41) is 1.82. The number of para-hydroxylation sites is 1. The molecule has 0 saturated heterocycles. The van der Waals surface area contributed by atoms with Crippen molar-refractivity contribution in [2.75, 3.05) is 7.11 Å². The minimum atomic E-state index is -0.364. The molecule has 0 spiro atoms. The monoisotopic (exact) mass is 270 g/mol. The van der Waals surface area contributed by atoms with E-state index in [0.717, 1.165) is 21.5 Å². The van der Waals surface area contributed by atoms with Crippen LogP contribution in [0.5, 0.6) is 0 Å². The molecule has 0 radical (unpaired) electrons. The second-order valence-corrected chi connectivity index (χ2v) is 4.93. The summed E-state index contributed by atoms with van der Waals surface area (Å²) < 4.78 is 4.69. The fourth-order valence-electron chi connectivity index (χ4n) is 1.87. The number of aromatic nitrogens is 2. The van der Waals surface area contributed by atoms with Crippen molar-refractivity contribution in [1.29, 1.82) is 0 Å². The maximum atomic E-state index is 11.5. The van der Waals surface area contributed by atoms with Gasteiger partial charge in [0.05, 0.1) is 18.8 Å². The largest absolute Gasteiger partial charge is 0.465 e. The maximum Gasteiger partial charge on any atom is 0.349 e. The van der Waals surface area contributed by atoms with E-state index in [9.17, 15) is 4.79 Å². The summed E-state index contributed by atoms with van der Waals surface area (Å²) in [5.74, 6) is -0.364. The SMILES string of the molecule is COC(=O)c1cnc(-c2cccc3cccnc23)s1. The number of thiazole rings is 1. The summed E-state index contributed by atoms with van der Waals surface area (Å²) in [6.45, 7) is 0. The third kappa shape index (κ3) is 2.08. The molecule has 0 aliphatic rings. The average molecular weight is 270 g/mol. The van der Waals surface area contributed by atoms with Gasteiger partial charge >= 0.3 is 5.97 Å². The van der Waals surface area contributed by atoms with Crippen LogP contribution in [-0.4, -0.2) is 23.0 Å². The van der Waals surface area contributed by atoms with E-state index in [4.69, 9.17) is 0 Å². The van der Waals surface area contributed by atoms with Gasteiger partial charge in [0.2, 0.25) is 0 Å². The number of benzene rings is 1. The Labute approximate surface area is 113 Å². The summed E-state index contributed by atoms with van der Waals surface area (Å²) >= 11 is 1.31. The van der Waals surface area contributed by atoms with Gasteiger partial charge in [-0.2, -0.15) is 0 Å². The van der Waals surface area contributed by atoms with Crippen LogP contribution in [0.25, 0.3) is 21.5 Å². The highest BCUT2D eigenvalue weighted by Crippen LogP contribution is 2.30. The topological polar surface area (TPSA) is 52.1 Å². The Hall–Kier alpha value is -2.27. The van der Waals surface area contributed by atoms with E-state index in [1.54, 1.807) is 6.20 Å². The number of carbonyl (C=O) groups excluding carboxylic acids is 1. The fraction of sp³-hybridized carbons (Fsp3) is 0.0714.